The lowest BCUT2D eigenvalue weighted by molar-refractivity contribution is 0.288. The zero-order valence-corrected chi connectivity index (χ0v) is 15.5. The molecule has 142 valence electrons. The van der Waals surface area contributed by atoms with Crippen molar-refractivity contribution < 1.29 is 13.9 Å². The third kappa shape index (κ3) is 4.43. The van der Waals surface area contributed by atoms with Crippen molar-refractivity contribution in [1.82, 2.24) is 4.98 Å². The number of hydrogen-bond donors (Lipinski definition) is 1. The number of para-hydroxylation sites is 5. The van der Waals surface area contributed by atoms with Gasteiger partial charge in [-0.3, -0.25) is 0 Å². The highest BCUT2D eigenvalue weighted by atomic mass is 16.5. The van der Waals surface area contributed by atoms with E-state index in [2.05, 4.69) is 22.4 Å². The second kappa shape index (κ2) is 8.95. The van der Waals surface area contributed by atoms with Gasteiger partial charge in [-0.2, -0.15) is 0 Å². The average Bonchev–Trinajstić information content (AvgIpc) is 3.44. The molecule has 5 heteroatoms. The third-order valence-corrected chi connectivity index (χ3v) is 4.43. The van der Waals surface area contributed by atoms with Gasteiger partial charge in [-0.1, -0.05) is 42.5 Å². The van der Waals surface area contributed by atoms with Crippen LogP contribution in [0.25, 0.3) is 11.1 Å². The zero-order chi connectivity index (χ0) is 19.0. The van der Waals surface area contributed by atoms with Gasteiger partial charge in [0.15, 0.2) is 18.7 Å². The van der Waals surface area contributed by atoms with Crippen LogP contribution in [0, 0.1) is 0 Å². The molecule has 2 aliphatic rings. The van der Waals surface area contributed by atoms with Crippen molar-refractivity contribution in [3.63, 3.8) is 0 Å². The number of rotatable bonds is 0. The second-order valence-corrected chi connectivity index (χ2v) is 6.34. The molecule has 4 aromatic rings. The van der Waals surface area contributed by atoms with Crippen LogP contribution in [-0.2, 0) is 6.42 Å². The number of anilines is 1. The van der Waals surface area contributed by atoms with E-state index in [1.54, 1.807) is 0 Å². The first-order valence-electron chi connectivity index (χ1n) is 9.35. The summed E-state index contributed by atoms with van der Waals surface area (Å²) in [6, 6.07) is 23.8. The van der Waals surface area contributed by atoms with Gasteiger partial charge in [-0.25, -0.2) is 4.98 Å². The summed E-state index contributed by atoms with van der Waals surface area (Å²) in [5, 5.41) is 3.08. The normalized spacial score (nSPS) is 13.3. The summed E-state index contributed by atoms with van der Waals surface area (Å²) < 4.78 is 15.6. The van der Waals surface area contributed by atoms with Crippen LogP contribution in [0.4, 0.5) is 5.69 Å². The van der Waals surface area contributed by atoms with Gasteiger partial charge in [0, 0.05) is 0 Å². The summed E-state index contributed by atoms with van der Waals surface area (Å²) in [6.07, 6.45) is 3.79. The van der Waals surface area contributed by atoms with Gasteiger partial charge in [0.1, 0.15) is 17.0 Å². The zero-order valence-electron chi connectivity index (χ0n) is 15.5. The van der Waals surface area contributed by atoms with Crippen molar-refractivity contribution in [3.8, 4) is 11.5 Å². The van der Waals surface area contributed by atoms with Crippen LogP contribution < -0.4 is 14.8 Å². The minimum atomic E-state index is 0.610. The Hall–Kier alpha value is -3.47. The van der Waals surface area contributed by atoms with Crippen LogP contribution in [0.3, 0.4) is 0 Å². The van der Waals surface area contributed by atoms with Crippen LogP contribution in [0.15, 0.2) is 83.6 Å². The van der Waals surface area contributed by atoms with E-state index in [1.807, 2.05) is 60.7 Å². The lowest BCUT2D eigenvalue weighted by Crippen LogP contribution is -2.07. The molecule has 0 bridgehead atoms. The van der Waals surface area contributed by atoms with E-state index in [4.69, 9.17) is 13.9 Å². The summed E-state index contributed by atoms with van der Waals surface area (Å²) in [5.74, 6) is 2.03. The molecule has 0 atom stereocenters. The number of benzene rings is 3. The van der Waals surface area contributed by atoms with E-state index < -0.39 is 0 Å². The monoisotopic (exact) mass is 374 g/mol. The smallest absolute Gasteiger partial charge is 0.181 e. The van der Waals surface area contributed by atoms with Crippen LogP contribution in [0.5, 0.6) is 11.5 Å². The molecule has 0 saturated carbocycles. The number of aryl methyl sites for hydroxylation is 1. The van der Waals surface area contributed by atoms with Gasteiger partial charge in [0.25, 0.3) is 0 Å². The van der Waals surface area contributed by atoms with E-state index in [0.29, 0.717) is 6.73 Å². The Labute approximate surface area is 163 Å². The third-order valence-electron chi connectivity index (χ3n) is 4.43. The Morgan fingerprint density at radius 2 is 1.57 bits per heavy atom. The Morgan fingerprint density at radius 1 is 0.786 bits per heavy atom. The molecule has 0 unspecified atom stereocenters. The lowest BCUT2D eigenvalue weighted by atomic mass is 10.1. The molecule has 0 fully saturated rings. The van der Waals surface area contributed by atoms with Gasteiger partial charge >= 0.3 is 0 Å². The largest absolute Gasteiger partial charge is 0.493 e. The molecule has 0 saturated heterocycles. The summed E-state index contributed by atoms with van der Waals surface area (Å²) >= 11 is 0. The Balaban J connectivity index is 0.000000103. The number of nitrogens with one attached hydrogen (secondary N) is 1. The quantitative estimate of drug-likeness (QED) is 0.453. The van der Waals surface area contributed by atoms with Gasteiger partial charge in [-0.05, 0) is 48.7 Å². The van der Waals surface area contributed by atoms with Crippen molar-refractivity contribution in [2.24, 2.45) is 0 Å². The van der Waals surface area contributed by atoms with Gasteiger partial charge in [-0.15, -0.1) is 0 Å². The standard InChI is InChI=1S/C9H10O.C7H7NO.C7H5NO/c1-2-6-9-8(4-1)5-3-7-10-9;2*1-2-4-7-6(3-1)8-5-9-7/h1-2,4,6H,3,5,7H2;1-4,8H,5H2;1-5H. The average molecular weight is 374 g/mol. The second-order valence-electron chi connectivity index (χ2n) is 6.34. The Kier molecular flexibility index (Phi) is 5.73. The van der Waals surface area contributed by atoms with Crippen LogP contribution in [0.1, 0.15) is 12.0 Å². The van der Waals surface area contributed by atoms with Crippen LogP contribution in [-0.4, -0.2) is 18.3 Å². The molecular weight excluding hydrogens is 352 g/mol. The van der Waals surface area contributed by atoms with Crippen LogP contribution in [0.2, 0.25) is 0 Å². The van der Waals surface area contributed by atoms with Crippen molar-refractivity contribution in [2.75, 3.05) is 18.7 Å². The summed E-state index contributed by atoms with van der Waals surface area (Å²) in [4.78, 5) is 3.95. The Bertz CT molecular complexity index is 951. The number of hydrogen-bond acceptors (Lipinski definition) is 5. The first kappa shape index (κ1) is 17.9. The maximum Gasteiger partial charge on any atom is 0.181 e. The van der Waals surface area contributed by atoms with Crippen molar-refractivity contribution in [1.29, 1.82) is 0 Å². The fourth-order valence-corrected chi connectivity index (χ4v) is 3.03. The molecule has 2 aliphatic heterocycles. The number of fused-ring (bicyclic) bond motifs is 3. The number of ether oxygens (including phenoxy) is 2. The maximum absolute atomic E-state index is 5.42. The fourth-order valence-electron chi connectivity index (χ4n) is 3.03. The van der Waals surface area contributed by atoms with Gasteiger partial charge in [0.2, 0.25) is 0 Å². The molecule has 5 nitrogen and oxygen atoms in total. The predicted molar refractivity (Wildman–Crippen MR) is 110 cm³/mol. The number of oxazole rings is 1. The molecular formula is C23H22N2O3. The lowest BCUT2D eigenvalue weighted by Gasteiger charge is -2.15. The number of aromatic nitrogens is 1. The first-order valence-corrected chi connectivity index (χ1v) is 9.35. The van der Waals surface area contributed by atoms with Crippen molar-refractivity contribution in [3.05, 3.63) is 84.8 Å². The summed E-state index contributed by atoms with van der Waals surface area (Å²) in [6.45, 7) is 1.50. The van der Waals surface area contributed by atoms with E-state index in [1.165, 1.54) is 18.4 Å². The minimum Gasteiger partial charge on any atom is -0.493 e. The van der Waals surface area contributed by atoms with E-state index in [9.17, 15) is 0 Å². The van der Waals surface area contributed by atoms with Gasteiger partial charge < -0.3 is 19.2 Å². The van der Waals surface area contributed by atoms with Gasteiger partial charge in [0.05, 0.1) is 12.3 Å². The topological polar surface area (TPSA) is 56.5 Å². The molecule has 3 heterocycles. The highest BCUT2D eigenvalue weighted by Crippen LogP contribution is 2.27. The number of nitrogens with zero attached hydrogens (tertiary/aromatic N) is 1. The molecule has 0 amide bonds. The molecule has 0 aliphatic carbocycles. The predicted octanol–water partition coefficient (Wildman–Crippen LogP) is 5.29. The molecule has 0 radical (unpaired) electrons. The molecule has 3 aromatic carbocycles. The highest BCUT2D eigenvalue weighted by Gasteiger charge is 2.07. The Morgan fingerprint density at radius 3 is 2.43 bits per heavy atom. The highest BCUT2D eigenvalue weighted by molar-refractivity contribution is 5.71. The molecule has 1 aromatic heterocycles. The van der Waals surface area contributed by atoms with Crippen molar-refractivity contribution in [2.45, 2.75) is 12.8 Å². The first-order chi connectivity index (χ1) is 13.9. The molecule has 6 rings (SSSR count). The van der Waals surface area contributed by atoms with Crippen LogP contribution >= 0.6 is 0 Å². The molecule has 28 heavy (non-hydrogen) atoms. The summed E-state index contributed by atoms with van der Waals surface area (Å²) in [5.41, 5.74) is 4.21. The van der Waals surface area contributed by atoms with E-state index in [-0.39, 0.29) is 0 Å². The molecule has 0 spiro atoms. The SMILES string of the molecule is c1ccc2c(c1)CCCO2.c1ccc2c(c1)NCO2.c1ccc2ocnc2c1. The maximum atomic E-state index is 5.42. The summed E-state index contributed by atoms with van der Waals surface area (Å²) in [7, 11) is 0. The van der Waals surface area contributed by atoms with E-state index in [0.717, 1.165) is 41.3 Å². The van der Waals surface area contributed by atoms with E-state index >= 15 is 0 Å². The van der Waals surface area contributed by atoms with Crippen molar-refractivity contribution >= 4 is 16.8 Å². The molecule has 1 N–H and O–H groups in total. The fraction of sp³-hybridized carbons (Fsp3) is 0.174. The minimum absolute atomic E-state index is 0.610.